The Hall–Kier alpha value is -2.28. The van der Waals surface area contributed by atoms with Crippen molar-refractivity contribution in [2.45, 2.75) is 37.6 Å². The molecule has 1 aromatic heterocycles. The molecule has 3 rings (SSSR count). The van der Waals surface area contributed by atoms with Crippen LogP contribution in [0.5, 0.6) is 0 Å². The van der Waals surface area contributed by atoms with Crippen LogP contribution in [0.4, 0.5) is 5.13 Å². The third-order valence-electron chi connectivity index (χ3n) is 4.66. The fraction of sp³-hybridized carbons (Fsp3) is 0.421. The molecule has 2 heterocycles. The van der Waals surface area contributed by atoms with E-state index in [-0.39, 0.29) is 23.0 Å². The lowest BCUT2D eigenvalue weighted by Gasteiger charge is -2.23. The van der Waals surface area contributed by atoms with Gasteiger partial charge in [-0.3, -0.25) is 15.0 Å². The summed E-state index contributed by atoms with van der Waals surface area (Å²) in [6, 6.07) is 7.80. The van der Waals surface area contributed by atoms with E-state index in [9.17, 15) is 13.2 Å². The second-order valence-electron chi connectivity index (χ2n) is 6.57. The van der Waals surface area contributed by atoms with Crippen molar-refractivity contribution in [3.05, 3.63) is 40.4 Å². The predicted molar refractivity (Wildman–Crippen MR) is 108 cm³/mol. The average Bonchev–Trinajstić information content (AvgIpc) is 3.09. The van der Waals surface area contributed by atoms with Gasteiger partial charge in [-0.05, 0) is 37.2 Å². The Morgan fingerprint density at radius 1 is 1.36 bits per heavy atom. The minimum Gasteiger partial charge on any atom is -0.298 e. The molecule has 0 fully saturated rings. The number of nitrogens with zero attached hydrogens (tertiary/aromatic N) is 3. The molecular formula is C19H22N4O3S2. The van der Waals surface area contributed by atoms with E-state index >= 15 is 0 Å². The molecule has 7 nitrogen and oxygen atoms in total. The van der Waals surface area contributed by atoms with Crippen molar-refractivity contribution in [3.8, 4) is 6.07 Å². The van der Waals surface area contributed by atoms with Crippen LogP contribution in [0.1, 0.15) is 40.7 Å². The third-order valence-corrected chi connectivity index (χ3v) is 7.47. The number of sulfone groups is 1. The highest BCUT2D eigenvalue weighted by Crippen LogP contribution is 2.28. The number of hydrogen-bond donors (Lipinski definition) is 1. The molecule has 2 aromatic rings. The Morgan fingerprint density at radius 3 is 2.79 bits per heavy atom. The van der Waals surface area contributed by atoms with Gasteiger partial charge in [-0.2, -0.15) is 5.26 Å². The first-order chi connectivity index (χ1) is 13.4. The molecule has 0 spiro atoms. The number of fused-ring (bicyclic) bond motifs is 1. The van der Waals surface area contributed by atoms with Gasteiger partial charge in [-0.15, -0.1) is 11.3 Å². The number of hydrogen-bond acceptors (Lipinski definition) is 7. The van der Waals surface area contributed by atoms with Crippen LogP contribution in [0, 0.1) is 11.3 Å². The number of carbonyl (C=O) groups is 1. The van der Waals surface area contributed by atoms with Crippen LogP contribution in [-0.4, -0.2) is 43.1 Å². The number of likely N-dealkylation sites (N-methyl/N-ethyl adjacent to an activating group) is 1. The molecule has 0 saturated heterocycles. The van der Waals surface area contributed by atoms with Crippen LogP contribution in [0.2, 0.25) is 0 Å². The van der Waals surface area contributed by atoms with Crippen molar-refractivity contribution in [1.82, 2.24) is 9.88 Å². The van der Waals surface area contributed by atoms with E-state index in [0.29, 0.717) is 17.1 Å². The van der Waals surface area contributed by atoms with Crippen LogP contribution in [0.25, 0.3) is 0 Å². The van der Waals surface area contributed by atoms with Crippen LogP contribution in [0.15, 0.2) is 29.2 Å². The van der Waals surface area contributed by atoms with Gasteiger partial charge in [0, 0.05) is 36.4 Å². The van der Waals surface area contributed by atoms with Crippen LogP contribution in [-0.2, 0) is 22.8 Å². The van der Waals surface area contributed by atoms with Crippen molar-refractivity contribution in [1.29, 1.82) is 5.26 Å². The van der Waals surface area contributed by atoms with E-state index in [0.717, 1.165) is 31.7 Å². The van der Waals surface area contributed by atoms with Gasteiger partial charge in [0.25, 0.3) is 5.91 Å². The standard InChI is InChI=1S/C19H22N4O3S2/c1-2-23-11-9-16-17(13-23)27-19(21-16)22-18(24)14-5-7-15(8-6-14)28(25,26)12-4-3-10-20/h5-8H,2-4,9,11-13H2,1H3,(H,21,22,24). The van der Waals surface area contributed by atoms with Gasteiger partial charge in [-0.1, -0.05) is 6.92 Å². The van der Waals surface area contributed by atoms with E-state index < -0.39 is 9.84 Å². The lowest BCUT2D eigenvalue weighted by Crippen LogP contribution is -2.29. The highest BCUT2D eigenvalue weighted by atomic mass is 32.2. The number of aromatic nitrogens is 1. The molecule has 0 bridgehead atoms. The van der Waals surface area contributed by atoms with Gasteiger partial charge >= 0.3 is 0 Å². The molecule has 0 saturated carbocycles. The van der Waals surface area contributed by atoms with Gasteiger partial charge in [0.2, 0.25) is 0 Å². The zero-order valence-electron chi connectivity index (χ0n) is 15.6. The number of carbonyl (C=O) groups excluding carboxylic acids is 1. The SMILES string of the molecule is CCN1CCc2nc(NC(=O)c3ccc(S(=O)(=O)CCCC#N)cc3)sc2C1. The second-order valence-corrected chi connectivity index (χ2v) is 9.76. The number of nitriles is 1. The van der Waals surface area contributed by atoms with Crippen molar-refractivity contribution >= 4 is 32.2 Å². The molecule has 0 unspecified atom stereocenters. The highest BCUT2D eigenvalue weighted by Gasteiger charge is 2.21. The van der Waals surface area contributed by atoms with E-state index in [1.54, 1.807) is 0 Å². The number of anilines is 1. The maximum absolute atomic E-state index is 12.5. The molecule has 0 atom stereocenters. The Bertz CT molecular complexity index is 991. The summed E-state index contributed by atoms with van der Waals surface area (Å²) < 4.78 is 24.4. The molecule has 0 radical (unpaired) electrons. The molecule has 0 aliphatic carbocycles. The number of unbranched alkanes of at least 4 members (excludes halogenated alkanes) is 1. The summed E-state index contributed by atoms with van der Waals surface area (Å²) in [5.74, 6) is -0.391. The fourth-order valence-electron chi connectivity index (χ4n) is 3.01. The summed E-state index contributed by atoms with van der Waals surface area (Å²) in [6.07, 6.45) is 1.38. The topological polar surface area (TPSA) is 103 Å². The average molecular weight is 419 g/mol. The van der Waals surface area contributed by atoms with Gasteiger partial charge in [-0.25, -0.2) is 13.4 Å². The Labute approximate surface area is 168 Å². The first kappa shape index (κ1) is 20.5. The number of nitrogens with one attached hydrogen (secondary N) is 1. The van der Waals surface area contributed by atoms with E-state index in [4.69, 9.17) is 5.26 Å². The lowest BCUT2D eigenvalue weighted by molar-refractivity contribution is 0.102. The van der Waals surface area contributed by atoms with Crippen molar-refractivity contribution in [3.63, 3.8) is 0 Å². The second kappa shape index (κ2) is 8.82. The van der Waals surface area contributed by atoms with E-state index in [1.165, 1.54) is 40.5 Å². The summed E-state index contributed by atoms with van der Waals surface area (Å²) >= 11 is 1.49. The van der Waals surface area contributed by atoms with Gasteiger partial charge < -0.3 is 0 Å². The molecular weight excluding hydrogens is 396 g/mol. The van der Waals surface area contributed by atoms with Crippen LogP contribution in [0.3, 0.4) is 0 Å². The lowest BCUT2D eigenvalue weighted by atomic mass is 10.2. The Morgan fingerprint density at radius 2 is 2.11 bits per heavy atom. The molecule has 1 aliphatic heterocycles. The summed E-state index contributed by atoms with van der Waals surface area (Å²) in [7, 11) is -3.44. The Kier molecular flexibility index (Phi) is 6.44. The van der Waals surface area contributed by atoms with Crippen molar-refractivity contribution in [2.24, 2.45) is 0 Å². The largest absolute Gasteiger partial charge is 0.298 e. The minimum atomic E-state index is -3.44. The number of thiazole rings is 1. The zero-order chi connectivity index (χ0) is 20.1. The molecule has 28 heavy (non-hydrogen) atoms. The molecule has 148 valence electrons. The monoisotopic (exact) mass is 418 g/mol. The summed E-state index contributed by atoms with van der Waals surface area (Å²) in [5.41, 5.74) is 1.42. The quantitative estimate of drug-likeness (QED) is 0.694. The molecule has 1 amide bonds. The zero-order valence-corrected chi connectivity index (χ0v) is 17.3. The number of rotatable bonds is 7. The first-order valence-electron chi connectivity index (χ1n) is 9.15. The third kappa shape index (κ3) is 4.76. The Balaban J connectivity index is 1.66. The van der Waals surface area contributed by atoms with Crippen LogP contribution < -0.4 is 5.32 Å². The maximum atomic E-state index is 12.5. The van der Waals surface area contributed by atoms with Crippen LogP contribution >= 0.6 is 11.3 Å². The molecule has 1 aliphatic rings. The highest BCUT2D eigenvalue weighted by molar-refractivity contribution is 7.91. The smallest absolute Gasteiger partial charge is 0.257 e. The normalized spacial score (nSPS) is 14.3. The first-order valence-corrected chi connectivity index (χ1v) is 11.6. The minimum absolute atomic E-state index is 0.0778. The fourth-order valence-corrected chi connectivity index (χ4v) is 5.37. The van der Waals surface area contributed by atoms with E-state index in [2.05, 4.69) is 22.1 Å². The molecule has 9 heteroatoms. The molecule has 1 N–H and O–H groups in total. The molecule has 1 aromatic carbocycles. The predicted octanol–water partition coefficient (Wildman–Crippen LogP) is 2.85. The van der Waals surface area contributed by atoms with E-state index in [1.807, 2.05) is 6.07 Å². The van der Waals surface area contributed by atoms with Gasteiger partial charge in [0.1, 0.15) is 0 Å². The summed E-state index contributed by atoms with van der Waals surface area (Å²) in [5, 5.41) is 11.9. The number of benzene rings is 1. The van der Waals surface area contributed by atoms with Gasteiger partial charge in [0.15, 0.2) is 15.0 Å². The van der Waals surface area contributed by atoms with Crippen molar-refractivity contribution < 1.29 is 13.2 Å². The summed E-state index contributed by atoms with van der Waals surface area (Å²) in [6.45, 7) is 4.95. The van der Waals surface area contributed by atoms with Gasteiger partial charge in [0.05, 0.1) is 22.4 Å². The summed E-state index contributed by atoms with van der Waals surface area (Å²) in [4.78, 5) is 20.7. The maximum Gasteiger partial charge on any atom is 0.257 e. The van der Waals surface area contributed by atoms with Crippen molar-refractivity contribution in [2.75, 3.05) is 24.2 Å². The number of amides is 1.